The number of hydrogen-bond donors (Lipinski definition) is 2. The molecule has 0 radical (unpaired) electrons. The van der Waals surface area contributed by atoms with Gasteiger partial charge in [-0.2, -0.15) is 0 Å². The Kier molecular flexibility index (Phi) is 5.91. The van der Waals surface area contributed by atoms with Gasteiger partial charge in [0.05, 0.1) is 5.69 Å². The highest BCUT2D eigenvalue weighted by molar-refractivity contribution is 6.30. The summed E-state index contributed by atoms with van der Waals surface area (Å²) in [5.74, 6) is 0.519. The quantitative estimate of drug-likeness (QED) is 0.442. The summed E-state index contributed by atoms with van der Waals surface area (Å²) in [5.41, 5.74) is 7.28. The smallest absolute Gasteiger partial charge is 0.320 e. The van der Waals surface area contributed by atoms with Gasteiger partial charge < -0.3 is 9.72 Å². The highest BCUT2D eigenvalue weighted by Crippen LogP contribution is 2.29. The summed E-state index contributed by atoms with van der Waals surface area (Å²) in [5, 5.41) is 6.10. The maximum Gasteiger partial charge on any atom is 0.320 e. The number of nitrogens with zero attached hydrogens (tertiary/aromatic N) is 3. The normalized spacial score (nSPS) is 11.0. The summed E-state index contributed by atoms with van der Waals surface area (Å²) < 4.78 is 2.14. The van der Waals surface area contributed by atoms with Crippen LogP contribution in [0.1, 0.15) is 29.4 Å². The van der Waals surface area contributed by atoms with Gasteiger partial charge in [-0.25, -0.2) is 14.8 Å². The predicted octanol–water partition coefficient (Wildman–Crippen LogP) is 5.40. The molecular weight excluding hydrogens is 410 g/mol. The lowest BCUT2D eigenvalue weighted by atomic mass is 10.0. The van der Waals surface area contributed by atoms with Crippen molar-refractivity contribution in [1.82, 2.24) is 19.7 Å². The van der Waals surface area contributed by atoms with E-state index < -0.39 is 0 Å². The zero-order valence-corrected chi connectivity index (χ0v) is 18.5. The number of carbonyl (C=O) groups excluding carboxylic acids is 1. The third-order valence-corrected chi connectivity index (χ3v) is 5.43. The van der Waals surface area contributed by atoms with Crippen LogP contribution in [0, 0.1) is 13.8 Å². The molecule has 2 amide bonds. The van der Waals surface area contributed by atoms with E-state index in [0.717, 1.165) is 39.3 Å². The van der Waals surface area contributed by atoms with E-state index in [4.69, 9.17) is 16.6 Å². The second-order valence-electron chi connectivity index (χ2n) is 7.46. The molecule has 0 saturated heterocycles. The van der Waals surface area contributed by atoms with Gasteiger partial charge in [0, 0.05) is 41.6 Å². The molecule has 0 fully saturated rings. The van der Waals surface area contributed by atoms with E-state index in [9.17, 15) is 4.79 Å². The minimum absolute atomic E-state index is 0.259. The topological polar surface area (TPSA) is 71.3 Å². The van der Waals surface area contributed by atoms with Crippen LogP contribution in [0.4, 0.5) is 10.6 Å². The standard InChI is InChI=1S/C24H24ClN5O/c1-4-26-24(31)29-22-9-8-17(13-27-22)10-18-11-21(19-6-5-7-20(25)12-19)23-28-15(2)16(3)30(23)14-18/h5-9,11-14H,4,10H2,1-3H3,(H2,26,27,29,31). The molecule has 4 rings (SSSR count). The molecule has 0 aliphatic rings. The molecule has 3 heterocycles. The Bertz CT molecular complexity index is 1250. The number of aromatic nitrogens is 3. The van der Waals surface area contributed by atoms with Crippen LogP contribution in [0.2, 0.25) is 5.02 Å². The van der Waals surface area contributed by atoms with Crippen molar-refractivity contribution in [2.24, 2.45) is 0 Å². The van der Waals surface area contributed by atoms with E-state index >= 15 is 0 Å². The number of urea groups is 1. The first-order valence-electron chi connectivity index (χ1n) is 10.2. The van der Waals surface area contributed by atoms with Crippen LogP contribution in [0.3, 0.4) is 0 Å². The molecule has 6 nitrogen and oxygen atoms in total. The lowest BCUT2D eigenvalue weighted by Gasteiger charge is -2.11. The molecule has 1 aromatic carbocycles. The average Bonchev–Trinajstić information content (AvgIpc) is 3.03. The lowest BCUT2D eigenvalue weighted by molar-refractivity contribution is 0.252. The van der Waals surface area contributed by atoms with Gasteiger partial charge in [0.1, 0.15) is 11.5 Å². The van der Waals surface area contributed by atoms with Crippen LogP contribution < -0.4 is 10.6 Å². The van der Waals surface area contributed by atoms with Crippen molar-refractivity contribution < 1.29 is 4.79 Å². The highest BCUT2D eigenvalue weighted by atomic mass is 35.5. The number of anilines is 1. The number of nitrogens with one attached hydrogen (secondary N) is 2. The first-order chi connectivity index (χ1) is 14.9. The average molecular weight is 434 g/mol. The fraction of sp³-hybridized carbons (Fsp3) is 0.208. The number of imidazole rings is 1. The summed E-state index contributed by atoms with van der Waals surface area (Å²) in [6, 6.07) is 13.5. The number of aryl methyl sites for hydroxylation is 2. The van der Waals surface area contributed by atoms with Crippen molar-refractivity contribution >= 4 is 29.1 Å². The fourth-order valence-corrected chi connectivity index (χ4v) is 3.74. The minimum Gasteiger partial charge on any atom is -0.338 e. The maximum absolute atomic E-state index is 11.7. The Morgan fingerprint density at radius 1 is 1.13 bits per heavy atom. The summed E-state index contributed by atoms with van der Waals surface area (Å²) in [6.45, 7) is 6.53. The van der Waals surface area contributed by atoms with Gasteiger partial charge in [-0.1, -0.05) is 29.8 Å². The number of hydrogen-bond acceptors (Lipinski definition) is 3. The number of halogens is 1. The van der Waals surface area contributed by atoms with Crippen LogP contribution in [0.25, 0.3) is 16.8 Å². The van der Waals surface area contributed by atoms with Crippen molar-refractivity contribution in [2.75, 3.05) is 11.9 Å². The van der Waals surface area contributed by atoms with Gasteiger partial charge in [-0.05, 0) is 61.7 Å². The molecule has 4 aromatic rings. The van der Waals surface area contributed by atoms with E-state index in [1.54, 1.807) is 6.20 Å². The van der Waals surface area contributed by atoms with Crippen molar-refractivity contribution in [3.05, 3.63) is 82.4 Å². The molecule has 0 aliphatic carbocycles. The Balaban J connectivity index is 1.68. The van der Waals surface area contributed by atoms with Gasteiger partial charge in [-0.15, -0.1) is 0 Å². The number of fused-ring (bicyclic) bond motifs is 1. The van der Waals surface area contributed by atoms with Gasteiger partial charge in [0.2, 0.25) is 0 Å². The van der Waals surface area contributed by atoms with Crippen molar-refractivity contribution in [3.8, 4) is 11.1 Å². The minimum atomic E-state index is -0.259. The van der Waals surface area contributed by atoms with E-state index in [1.807, 2.05) is 50.2 Å². The summed E-state index contributed by atoms with van der Waals surface area (Å²) in [4.78, 5) is 20.8. The molecule has 158 valence electrons. The fourth-order valence-electron chi connectivity index (χ4n) is 3.55. The molecule has 31 heavy (non-hydrogen) atoms. The van der Waals surface area contributed by atoms with Crippen molar-refractivity contribution in [1.29, 1.82) is 0 Å². The SMILES string of the molecule is CCNC(=O)Nc1ccc(Cc2cc(-c3cccc(Cl)c3)c3nc(C)c(C)n3c2)cn1. The molecule has 7 heteroatoms. The molecule has 0 aliphatic heterocycles. The van der Waals surface area contributed by atoms with Gasteiger partial charge in [0.15, 0.2) is 0 Å². The number of benzene rings is 1. The van der Waals surface area contributed by atoms with Crippen molar-refractivity contribution in [2.45, 2.75) is 27.2 Å². The van der Waals surface area contributed by atoms with E-state index in [2.05, 4.69) is 39.2 Å². The molecule has 2 N–H and O–H groups in total. The van der Waals surface area contributed by atoms with E-state index in [0.29, 0.717) is 23.8 Å². The van der Waals surface area contributed by atoms with E-state index in [-0.39, 0.29) is 6.03 Å². The van der Waals surface area contributed by atoms with Gasteiger partial charge in [-0.3, -0.25) is 5.32 Å². The van der Waals surface area contributed by atoms with Crippen LogP contribution in [-0.4, -0.2) is 26.9 Å². The first-order valence-corrected chi connectivity index (χ1v) is 10.6. The molecule has 0 unspecified atom stereocenters. The first kappa shape index (κ1) is 20.9. The highest BCUT2D eigenvalue weighted by Gasteiger charge is 2.13. The molecular formula is C24H24ClN5O. The largest absolute Gasteiger partial charge is 0.338 e. The van der Waals surface area contributed by atoms with Gasteiger partial charge in [0.25, 0.3) is 0 Å². The summed E-state index contributed by atoms with van der Waals surface area (Å²) in [6.07, 6.45) is 4.62. The molecule has 0 bridgehead atoms. The summed E-state index contributed by atoms with van der Waals surface area (Å²) in [7, 11) is 0. The number of carbonyl (C=O) groups is 1. The Labute approximate surface area is 186 Å². The Morgan fingerprint density at radius 3 is 2.68 bits per heavy atom. The van der Waals surface area contributed by atoms with E-state index in [1.165, 1.54) is 0 Å². The second kappa shape index (κ2) is 8.78. The van der Waals surface area contributed by atoms with Gasteiger partial charge >= 0.3 is 6.03 Å². The lowest BCUT2D eigenvalue weighted by Crippen LogP contribution is -2.28. The molecule has 0 atom stereocenters. The number of amides is 2. The maximum atomic E-state index is 11.7. The Morgan fingerprint density at radius 2 is 1.97 bits per heavy atom. The zero-order chi connectivity index (χ0) is 22.0. The molecule has 0 saturated carbocycles. The van der Waals surface area contributed by atoms with Crippen LogP contribution in [0.15, 0.2) is 54.9 Å². The van der Waals surface area contributed by atoms with Crippen LogP contribution >= 0.6 is 11.6 Å². The molecule has 3 aromatic heterocycles. The Hall–Kier alpha value is -3.38. The summed E-state index contributed by atoms with van der Waals surface area (Å²) >= 11 is 6.25. The predicted molar refractivity (Wildman–Crippen MR) is 125 cm³/mol. The monoisotopic (exact) mass is 433 g/mol. The number of rotatable bonds is 5. The third-order valence-electron chi connectivity index (χ3n) is 5.20. The molecule has 0 spiro atoms. The third kappa shape index (κ3) is 4.54. The van der Waals surface area contributed by atoms with Crippen LogP contribution in [-0.2, 0) is 6.42 Å². The number of pyridine rings is 2. The van der Waals surface area contributed by atoms with Crippen LogP contribution in [0.5, 0.6) is 0 Å². The second-order valence-corrected chi connectivity index (χ2v) is 7.90. The zero-order valence-electron chi connectivity index (χ0n) is 17.7. The van der Waals surface area contributed by atoms with Crippen molar-refractivity contribution in [3.63, 3.8) is 0 Å².